The number of methoxy groups -OCH3 is 1. The van der Waals surface area contributed by atoms with Gasteiger partial charge in [-0.3, -0.25) is 14.5 Å². The Labute approximate surface area is 149 Å². The molecule has 0 spiro atoms. The van der Waals surface area contributed by atoms with Crippen molar-refractivity contribution in [1.29, 1.82) is 0 Å². The number of Topliss-reactive ketones (excluding diaryl/α,β-unsaturated/α-hetero) is 1. The van der Waals surface area contributed by atoms with Gasteiger partial charge in [-0.1, -0.05) is 6.92 Å². The second-order valence-corrected chi connectivity index (χ2v) is 5.67. The molecule has 3 rings (SSSR count). The molecule has 0 aliphatic carbocycles. The van der Waals surface area contributed by atoms with Gasteiger partial charge in [-0.25, -0.2) is 4.79 Å². The molecule has 0 bridgehead atoms. The Balaban J connectivity index is 2.07. The number of nitrogens with zero attached hydrogens (tertiary/aromatic N) is 1. The monoisotopic (exact) mass is 355 g/mol. The molecule has 1 amide bonds. The number of ether oxygens (including phenoxy) is 1. The molecule has 26 heavy (non-hydrogen) atoms. The normalized spacial score (nSPS) is 16.9. The van der Waals surface area contributed by atoms with Crippen molar-refractivity contribution in [3.8, 4) is 0 Å². The molecule has 0 radical (unpaired) electrons. The lowest BCUT2D eigenvalue weighted by molar-refractivity contribution is -0.118. The molecular formula is C19H17NO6. The van der Waals surface area contributed by atoms with E-state index in [0.29, 0.717) is 17.0 Å². The molecule has 0 saturated carbocycles. The summed E-state index contributed by atoms with van der Waals surface area (Å²) >= 11 is 0. The topological polar surface area (TPSA) is 97.1 Å². The lowest BCUT2D eigenvalue weighted by Gasteiger charge is -2.25. The third kappa shape index (κ3) is 2.77. The Kier molecular flexibility index (Phi) is 4.62. The van der Waals surface area contributed by atoms with Crippen LogP contribution in [0.25, 0.3) is 0 Å². The lowest BCUT2D eigenvalue weighted by Crippen LogP contribution is -2.30. The van der Waals surface area contributed by atoms with Gasteiger partial charge in [-0.05, 0) is 36.4 Å². The Hall–Kier alpha value is -3.35. The van der Waals surface area contributed by atoms with Crippen LogP contribution in [0.5, 0.6) is 0 Å². The van der Waals surface area contributed by atoms with E-state index in [0.717, 1.165) is 0 Å². The molecule has 0 fully saturated rings. The first-order valence-corrected chi connectivity index (χ1v) is 8.01. The quantitative estimate of drug-likeness (QED) is 0.828. The number of benzene rings is 1. The van der Waals surface area contributed by atoms with Crippen LogP contribution >= 0.6 is 0 Å². The third-order valence-corrected chi connectivity index (χ3v) is 4.21. The molecule has 1 unspecified atom stereocenters. The molecule has 1 N–H and O–H groups in total. The van der Waals surface area contributed by atoms with Gasteiger partial charge < -0.3 is 14.3 Å². The molecule has 2 heterocycles. The van der Waals surface area contributed by atoms with Crippen LogP contribution < -0.4 is 4.90 Å². The standard InChI is InChI=1S/C19H17NO6/c1-3-13(21)15-16(14-5-4-10-26-14)20(18(23)17(15)22)12-8-6-11(7-9-12)19(24)25-2/h4-10,16,22H,3H2,1-2H3. The SMILES string of the molecule is CCC(=O)C1=C(O)C(=O)N(c2ccc(C(=O)OC)cc2)C1c1ccco1. The Bertz CT molecular complexity index is 879. The zero-order valence-electron chi connectivity index (χ0n) is 14.3. The zero-order valence-corrected chi connectivity index (χ0v) is 14.3. The second-order valence-electron chi connectivity index (χ2n) is 5.67. The number of furan rings is 1. The van der Waals surface area contributed by atoms with Crippen molar-refractivity contribution < 1.29 is 28.6 Å². The van der Waals surface area contributed by atoms with E-state index in [9.17, 15) is 19.5 Å². The molecule has 7 nitrogen and oxygen atoms in total. The number of esters is 1. The first-order valence-electron chi connectivity index (χ1n) is 8.01. The zero-order chi connectivity index (χ0) is 18.8. The van der Waals surface area contributed by atoms with Gasteiger partial charge in [-0.2, -0.15) is 0 Å². The number of aliphatic hydroxyl groups is 1. The summed E-state index contributed by atoms with van der Waals surface area (Å²) < 4.78 is 10.1. The van der Waals surface area contributed by atoms with Gasteiger partial charge in [0.25, 0.3) is 5.91 Å². The highest BCUT2D eigenvalue weighted by atomic mass is 16.5. The first kappa shape index (κ1) is 17.5. The Morgan fingerprint density at radius 2 is 1.92 bits per heavy atom. The fourth-order valence-corrected chi connectivity index (χ4v) is 2.94. The highest BCUT2D eigenvalue weighted by molar-refractivity contribution is 6.16. The Morgan fingerprint density at radius 1 is 1.23 bits per heavy atom. The maximum Gasteiger partial charge on any atom is 0.337 e. The number of amides is 1. The summed E-state index contributed by atoms with van der Waals surface area (Å²) in [5, 5.41) is 10.3. The van der Waals surface area contributed by atoms with Crippen LogP contribution in [0.3, 0.4) is 0 Å². The smallest absolute Gasteiger partial charge is 0.337 e. The molecule has 134 valence electrons. The van der Waals surface area contributed by atoms with Crippen LogP contribution in [0.4, 0.5) is 5.69 Å². The van der Waals surface area contributed by atoms with E-state index in [4.69, 9.17) is 4.42 Å². The summed E-state index contributed by atoms with van der Waals surface area (Å²) in [6.07, 6.45) is 1.57. The molecule has 1 atom stereocenters. The average Bonchev–Trinajstić information content (AvgIpc) is 3.28. The summed E-state index contributed by atoms with van der Waals surface area (Å²) in [7, 11) is 1.28. The molecule has 1 aromatic carbocycles. The predicted molar refractivity (Wildman–Crippen MR) is 91.7 cm³/mol. The van der Waals surface area contributed by atoms with E-state index in [1.165, 1.54) is 30.4 Å². The fraction of sp³-hybridized carbons (Fsp3) is 0.211. The summed E-state index contributed by atoms with van der Waals surface area (Å²) in [4.78, 5) is 37.8. The van der Waals surface area contributed by atoms with Crippen molar-refractivity contribution in [3.05, 3.63) is 65.3 Å². The van der Waals surface area contributed by atoms with E-state index in [1.54, 1.807) is 31.2 Å². The number of aliphatic hydroxyl groups excluding tert-OH is 1. The number of ketones is 1. The van der Waals surface area contributed by atoms with E-state index in [1.807, 2.05) is 0 Å². The fourth-order valence-electron chi connectivity index (χ4n) is 2.94. The minimum Gasteiger partial charge on any atom is -0.503 e. The van der Waals surface area contributed by atoms with Crippen molar-refractivity contribution in [2.75, 3.05) is 12.0 Å². The third-order valence-electron chi connectivity index (χ3n) is 4.21. The molecular weight excluding hydrogens is 338 g/mol. The molecule has 0 saturated heterocycles. The number of hydrogen-bond donors (Lipinski definition) is 1. The van der Waals surface area contributed by atoms with Crippen LogP contribution in [-0.2, 0) is 14.3 Å². The summed E-state index contributed by atoms with van der Waals surface area (Å²) in [5.41, 5.74) is 0.735. The van der Waals surface area contributed by atoms with Gasteiger partial charge in [0.05, 0.1) is 24.5 Å². The second kappa shape index (κ2) is 6.87. The van der Waals surface area contributed by atoms with Gasteiger partial charge in [-0.15, -0.1) is 0 Å². The summed E-state index contributed by atoms with van der Waals surface area (Å²) in [6, 6.07) is 8.51. The molecule has 7 heteroatoms. The molecule has 1 aliphatic rings. The van der Waals surface area contributed by atoms with Crippen molar-refractivity contribution in [2.45, 2.75) is 19.4 Å². The average molecular weight is 355 g/mol. The van der Waals surface area contributed by atoms with Gasteiger partial charge in [0, 0.05) is 12.1 Å². The van der Waals surface area contributed by atoms with Crippen molar-refractivity contribution in [3.63, 3.8) is 0 Å². The van der Waals surface area contributed by atoms with Crippen LogP contribution in [0, 0.1) is 0 Å². The largest absolute Gasteiger partial charge is 0.503 e. The van der Waals surface area contributed by atoms with Crippen LogP contribution in [-0.4, -0.2) is 29.9 Å². The van der Waals surface area contributed by atoms with E-state index < -0.39 is 23.7 Å². The van der Waals surface area contributed by atoms with Crippen molar-refractivity contribution in [1.82, 2.24) is 0 Å². The van der Waals surface area contributed by atoms with Crippen LogP contribution in [0.2, 0.25) is 0 Å². The number of carbonyl (C=O) groups excluding carboxylic acids is 3. The minimum atomic E-state index is -0.867. The summed E-state index contributed by atoms with van der Waals surface area (Å²) in [6.45, 7) is 1.65. The number of hydrogen-bond acceptors (Lipinski definition) is 6. The first-order chi connectivity index (χ1) is 12.5. The maximum absolute atomic E-state index is 12.6. The summed E-state index contributed by atoms with van der Waals surface area (Å²) in [5.74, 6) is -1.78. The maximum atomic E-state index is 12.6. The van der Waals surface area contributed by atoms with Gasteiger partial charge >= 0.3 is 5.97 Å². The molecule has 1 aromatic heterocycles. The number of anilines is 1. The molecule has 1 aliphatic heterocycles. The van der Waals surface area contributed by atoms with Gasteiger partial charge in [0.2, 0.25) is 0 Å². The van der Waals surface area contributed by atoms with E-state index in [2.05, 4.69) is 4.74 Å². The Morgan fingerprint density at radius 3 is 2.46 bits per heavy atom. The predicted octanol–water partition coefficient (Wildman–Crippen LogP) is 2.95. The highest BCUT2D eigenvalue weighted by Gasteiger charge is 2.45. The van der Waals surface area contributed by atoms with Crippen molar-refractivity contribution in [2.24, 2.45) is 0 Å². The van der Waals surface area contributed by atoms with E-state index in [-0.39, 0.29) is 17.8 Å². The number of rotatable bonds is 5. The number of carbonyl (C=O) groups is 3. The highest BCUT2D eigenvalue weighted by Crippen LogP contribution is 2.41. The van der Waals surface area contributed by atoms with Crippen LogP contribution in [0.1, 0.15) is 35.5 Å². The minimum absolute atomic E-state index is 0.00416. The van der Waals surface area contributed by atoms with Gasteiger partial charge in [0.15, 0.2) is 11.5 Å². The van der Waals surface area contributed by atoms with Crippen LogP contribution in [0.15, 0.2) is 58.4 Å². The lowest BCUT2D eigenvalue weighted by atomic mass is 9.99. The van der Waals surface area contributed by atoms with Gasteiger partial charge in [0.1, 0.15) is 11.8 Å². The van der Waals surface area contributed by atoms with E-state index >= 15 is 0 Å². The molecule has 2 aromatic rings. The van der Waals surface area contributed by atoms with Crippen molar-refractivity contribution >= 4 is 23.3 Å².